The number of benzene rings is 5. The van der Waals surface area contributed by atoms with Gasteiger partial charge < -0.3 is 9.80 Å². The summed E-state index contributed by atoms with van der Waals surface area (Å²) in [6.45, 7) is 0.654. The van der Waals surface area contributed by atoms with Crippen LogP contribution in [0.3, 0.4) is 0 Å². The van der Waals surface area contributed by atoms with E-state index in [0.29, 0.717) is 50.1 Å². The summed E-state index contributed by atoms with van der Waals surface area (Å²) in [7, 11) is -4.59. The average molecular weight is 751 g/mol. The molecule has 0 fully saturated rings. The van der Waals surface area contributed by atoms with E-state index in [1.807, 2.05) is 58.3 Å². The van der Waals surface area contributed by atoms with Crippen LogP contribution in [0.2, 0.25) is 20.1 Å². The van der Waals surface area contributed by atoms with Gasteiger partial charge in [-0.15, -0.1) is 0 Å². The average Bonchev–Trinajstić information content (AvgIpc) is 3.08. The molecule has 5 aromatic rings. The zero-order valence-electron chi connectivity index (χ0n) is 25.8. The molecule has 1 N–H and O–H groups in total. The lowest BCUT2D eigenvalue weighted by Crippen LogP contribution is -2.19. The van der Waals surface area contributed by atoms with Crippen LogP contribution in [0.5, 0.6) is 0 Å². The van der Waals surface area contributed by atoms with Crippen molar-refractivity contribution < 1.29 is 13.0 Å². The van der Waals surface area contributed by atoms with Gasteiger partial charge in [0.2, 0.25) is 0 Å². The van der Waals surface area contributed by atoms with Gasteiger partial charge in [0.05, 0.1) is 61.3 Å². The van der Waals surface area contributed by atoms with Gasteiger partial charge in [0.15, 0.2) is 0 Å². The topological polar surface area (TPSA) is 108 Å². The third-order valence-corrected chi connectivity index (χ3v) is 10.0. The van der Waals surface area contributed by atoms with Gasteiger partial charge in [0.1, 0.15) is 0 Å². The minimum absolute atomic E-state index is 0.213. The van der Waals surface area contributed by atoms with E-state index in [9.17, 15) is 23.5 Å². The summed E-state index contributed by atoms with van der Waals surface area (Å²) >= 11 is 26.2. The first-order valence-corrected chi connectivity index (χ1v) is 17.9. The Bertz CT molecular complexity index is 1990. The SMILES string of the molecule is N#CCCN(c1ccc(C(c2ccc(N(CCC#N)c3c(Cl)cccc3Cl)cc2)c2ccccc2S(=O)(=O)O)cc1)c1c(Cl)cccc1Cl. The van der Waals surface area contributed by atoms with Crippen molar-refractivity contribution >= 4 is 79.3 Å². The number of nitriles is 2. The molecule has 0 spiro atoms. The normalized spacial score (nSPS) is 11.2. The van der Waals surface area contributed by atoms with E-state index >= 15 is 0 Å². The third kappa shape index (κ3) is 8.15. The van der Waals surface area contributed by atoms with Gasteiger partial charge in [-0.25, -0.2) is 0 Å². The maximum atomic E-state index is 12.6. The first kappa shape index (κ1) is 36.0. The molecule has 0 radical (unpaired) electrons. The zero-order chi connectivity index (χ0) is 35.1. The van der Waals surface area contributed by atoms with Crippen molar-refractivity contribution in [1.29, 1.82) is 10.5 Å². The molecular weight excluding hydrogens is 722 g/mol. The highest BCUT2D eigenvalue weighted by atomic mass is 35.5. The van der Waals surface area contributed by atoms with E-state index in [-0.39, 0.29) is 17.7 Å². The molecule has 0 aliphatic rings. The molecule has 0 aliphatic heterocycles. The molecule has 7 nitrogen and oxygen atoms in total. The lowest BCUT2D eigenvalue weighted by molar-refractivity contribution is 0.482. The van der Waals surface area contributed by atoms with Crippen LogP contribution >= 0.6 is 46.4 Å². The van der Waals surface area contributed by atoms with Gasteiger partial charge in [-0.3, -0.25) is 4.55 Å². The summed E-state index contributed by atoms with van der Waals surface area (Å²) < 4.78 is 35.4. The molecule has 0 unspecified atom stereocenters. The van der Waals surface area contributed by atoms with Crippen LogP contribution in [0, 0.1) is 22.7 Å². The Morgan fingerprint density at radius 2 is 0.980 bits per heavy atom. The maximum Gasteiger partial charge on any atom is 0.294 e. The molecule has 49 heavy (non-hydrogen) atoms. The molecule has 0 atom stereocenters. The molecule has 12 heteroatoms. The Kier molecular flexibility index (Phi) is 11.7. The van der Waals surface area contributed by atoms with Crippen molar-refractivity contribution in [3.8, 4) is 12.1 Å². The fourth-order valence-electron chi connectivity index (χ4n) is 5.76. The second-order valence-electron chi connectivity index (χ2n) is 10.9. The van der Waals surface area contributed by atoms with Crippen LogP contribution in [-0.4, -0.2) is 26.1 Å². The lowest BCUT2D eigenvalue weighted by atomic mass is 9.85. The van der Waals surface area contributed by atoms with Crippen LogP contribution < -0.4 is 9.80 Å². The Balaban J connectivity index is 1.62. The molecule has 0 bridgehead atoms. The van der Waals surface area contributed by atoms with Gasteiger partial charge in [-0.1, -0.05) is 101 Å². The highest BCUT2D eigenvalue weighted by Crippen LogP contribution is 2.42. The lowest BCUT2D eigenvalue weighted by Gasteiger charge is -2.28. The molecule has 0 aliphatic carbocycles. The summed E-state index contributed by atoms with van der Waals surface area (Å²) in [5.41, 5.74) is 4.40. The Morgan fingerprint density at radius 3 is 1.35 bits per heavy atom. The van der Waals surface area contributed by atoms with Crippen molar-refractivity contribution in [3.05, 3.63) is 146 Å². The molecule has 5 aromatic carbocycles. The molecule has 248 valence electrons. The van der Waals surface area contributed by atoms with E-state index in [2.05, 4.69) is 12.1 Å². The number of para-hydroxylation sites is 2. The number of hydrogen-bond acceptors (Lipinski definition) is 6. The number of anilines is 4. The van der Waals surface area contributed by atoms with E-state index in [0.717, 1.165) is 22.5 Å². The largest absolute Gasteiger partial charge is 0.338 e. The highest BCUT2D eigenvalue weighted by molar-refractivity contribution is 7.85. The van der Waals surface area contributed by atoms with E-state index in [1.54, 1.807) is 54.6 Å². The molecule has 0 amide bonds. The fourth-order valence-corrected chi connectivity index (χ4v) is 7.69. The molecule has 0 saturated heterocycles. The predicted octanol–water partition coefficient (Wildman–Crippen LogP) is 10.8. The first-order valence-electron chi connectivity index (χ1n) is 15.0. The van der Waals surface area contributed by atoms with E-state index in [1.165, 1.54) is 6.07 Å². The van der Waals surface area contributed by atoms with Gasteiger partial charge in [-0.05, 0) is 71.3 Å². The Labute approximate surface area is 305 Å². The minimum atomic E-state index is -4.59. The van der Waals surface area contributed by atoms with Crippen LogP contribution in [0.25, 0.3) is 0 Å². The number of halogens is 4. The molecular formula is C37H28Cl4N4O3S. The van der Waals surface area contributed by atoms with Gasteiger partial charge in [-0.2, -0.15) is 18.9 Å². The van der Waals surface area contributed by atoms with Gasteiger partial charge in [0.25, 0.3) is 10.1 Å². The van der Waals surface area contributed by atoms with Crippen LogP contribution in [0.1, 0.15) is 35.4 Å². The summed E-state index contributed by atoms with van der Waals surface area (Å²) in [4.78, 5) is 3.51. The van der Waals surface area contributed by atoms with Crippen molar-refractivity contribution in [2.45, 2.75) is 23.7 Å². The fraction of sp³-hybridized carbons (Fsp3) is 0.135. The molecule has 5 rings (SSSR count). The first-order chi connectivity index (χ1) is 23.5. The van der Waals surface area contributed by atoms with Gasteiger partial charge >= 0.3 is 0 Å². The number of hydrogen-bond donors (Lipinski definition) is 1. The maximum absolute atomic E-state index is 12.6. The van der Waals surface area contributed by atoms with E-state index in [4.69, 9.17) is 46.4 Å². The van der Waals surface area contributed by atoms with Crippen molar-refractivity contribution in [1.82, 2.24) is 0 Å². The standard InChI is InChI=1S/C37H28Cl4N4O3S/c38-30-8-3-9-31(39)36(30)44(23-5-21-42)27-17-13-25(14-18-27)35(29-7-1-2-12-34(29)49(46,47)48)26-15-19-28(20-16-26)45(24-6-22-43)37-32(40)10-4-11-33(37)41/h1-4,7-20,35H,5-6,23-24H2,(H,46,47,48). The molecule has 0 aromatic heterocycles. The second kappa shape index (κ2) is 16.0. The quantitative estimate of drug-likeness (QED) is 0.0999. The van der Waals surface area contributed by atoms with Crippen LogP contribution in [0.4, 0.5) is 22.7 Å². The minimum Gasteiger partial charge on any atom is -0.338 e. The second-order valence-corrected chi connectivity index (χ2v) is 13.9. The highest BCUT2D eigenvalue weighted by Gasteiger charge is 2.26. The zero-order valence-corrected chi connectivity index (χ0v) is 29.6. The van der Waals surface area contributed by atoms with Crippen molar-refractivity contribution in [2.24, 2.45) is 0 Å². The number of nitrogens with zero attached hydrogens (tertiary/aromatic N) is 4. The molecule has 0 saturated carbocycles. The smallest absolute Gasteiger partial charge is 0.294 e. The summed E-state index contributed by atoms with van der Waals surface area (Å²) in [5.74, 6) is -0.630. The van der Waals surface area contributed by atoms with Crippen molar-refractivity contribution in [2.75, 3.05) is 22.9 Å². The number of rotatable bonds is 12. The Morgan fingerprint density at radius 1 is 0.592 bits per heavy atom. The summed E-state index contributed by atoms with van der Waals surface area (Å²) in [5, 5.41) is 20.4. The predicted molar refractivity (Wildman–Crippen MR) is 197 cm³/mol. The van der Waals surface area contributed by atoms with E-state index < -0.39 is 16.0 Å². The summed E-state index contributed by atoms with van der Waals surface area (Å²) in [6, 6.07) is 35.9. The third-order valence-electron chi connectivity index (χ3n) is 7.89. The monoisotopic (exact) mass is 748 g/mol. The Hall–Kier alpha value is -4.25. The van der Waals surface area contributed by atoms with Crippen LogP contribution in [-0.2, 0) is 10.1 Å². The van der Waals surface area contributed by atoms with Crippen molar-refractivity contribution in [3.63, 3.8) is 0 Å². The van der Waals surface area contributed by atoms with Gasteiger partial charge in [0, 0.05) is 30.4 Å². The van der Waals surface area contributed by atoms with Crippen LogP contribution in [0.15, 0.2) is 114 Å². The summed E-state index contributed by atoms with van der Waals surface area (Å²) in [6.07, 6.45) is 0.426. The molecule has 0 heterocycles.